The van der Waals surface area contributed by atoms with Crippen LogP contribution in [-0.2, 0) is 4.74 Å². The van der Waals surface area contributed by atoms with Crippen molar-refractivity contribution in [1.82, 2.24) is 4.90 Å². The fourth-order valence-corrected chi connectivity index (χ4v) is 2.42. The van der Waals surface area contributed by atoms with Gasteiger partial charge in [0, 0.05) is 31.7 Å². The summed E-state index contributed by atoms with van der Waals surface area (Å²) in [5.74, 6) is 1.00. The van der Waals surface area contributed by atoms with Crippen LogP contribution >= 0.6 is 0 Å². The number of benzene rings is 1. The standard InChI is InChI=1S/C14H20N2O3/c1-18-9-10-5-6-16(8-10)14(17)11-3-4-12(15)13(7-11)19-2/h3-4,7,10H,5-6,8-9,15H2,1-2H3. The zero-order valence-corrected chi connectivity index (χ0v) is 11.4. The molecule has 0 aliphatic carbocycles. The number of nitrogens with two attached hydrogens (primary N) is 1. The van der Waals surface area contributed by atoms with Crippen LogP contribution in [0.4, 0.5) is 5.69 Å². The molecule has 0 aromatic heterocycles. The van der Waals surface area contributed by atoms with Crippen molar-refractivity contribution in [3.63, 3.8) is 0 Å². The van der Waals surface area contributed by atoms with E-state index in [1.54, 1.807) is 32.4 Å². The van der Waals surface area contributed by atoms with Crippen LogP contribution < -0.4 is 10.5 Å². The lowest BCUT2D eigenvalue weighted by molar-refractivity contribution is 0.0775. The van der Waals surface area contributed by atoms with E-state index >= 15 is 0 Å². The Bertz CT molecular complexity index is 462. The van der Waals surface area contributed by atoms with E-state index in [0.717, 1.165) is 19.5 Å². The molecule has 1 saturated heterocycles. The van der Waals surface area contributed by atoms with Crippen molar-refractivity contribution in [3.05, 3.63) is 23.8 Å². The summed E-state index contributed by atoms with van der Waals surface area (Å²) < 4.78 is 10.3. The number of anilines is 1. The third kappa shape index (κ3) is 2.98. The Labute approximate surface area is 113 Å². The Morgan fingerprint density at radius 3 is 2.95 bits per heavy atom. The molecule has 1 fully saturated rings. The van der Waals surface area contributed by atoms with E-state index in [4.69, 9.17) is 15.2 Å². The minimum Gasteiger partial charge on any atom is -0.495 e. The number of hydrogen-bond donors (Lipinski definition) is 1. The highest BCUT2D eigenvalue weighted by Gasteiger charge is 2.27. The van der Waals surface area contributed by atoms with Crippen molar-refractivity contribution in [2.45, 2.75) is 6.42 Å². The maximum atomic E-state index is 12.4. The third-order valence-corrected chi connectivity index (χ3v) is 3.46. The van der Waals surface area contributed by atoms with Gasteiger partial charge in [0.2, 0.25) is 0 Å². The first-order valence-corrected chi connectivity index (χ1v) is 6.37. The van der Waals surface area contributed by atoms with Crippen LogP contribution in [0.25, 0.3) is 0 Å². The fourth-order valence-electron chi connectivity index (χ4n) is 2.42. The minimum absolute atomic E-state index is 0.0249. The van der Waals surface area contributed by atoms with Gasteiger partial charge in [-0.2, -0.15) is 0 Å². The number of carbonyl (C=O) groups is 1. The lowest BCUT2D eigenvalue weighted by atomic mass is 10.1. The van der Waals surface area contributed by atoms with E-state index in [9.17, 15) is 4.79 Å². The number of amides is 1. The van der Waals surface area contributed by atoms with Crippen molar-refractivity contribution in [2.24, 2.45) is 5.92 Å². The molecule has 1 aliphatic rings. The molecule has 0 spiro atoms. The predicted molar refractivity (Wildman–Crippen MR) is 73.3 cm³/mol. The van der Waals surface area contributed by atoms with Crippen molar-refractivity contribution in [2.75, 3.05) is 39.6 Å². The van der Waals surface area contributed by atoms with Gasteiger partial charge in [-0.15, -0.1) is 0 Å². The second-order valence-electron chi connectivity index (χ2n) is 4.82. The maximum absolute atomic E-state index is 12.4. The zero-order valence-electron chi connectivity index (χ0n) is 11.4. The highest BCUT2D eigenvalue weighted by Crippen LogP contribution is 2.25. The number of nitrogen functional groups attached to an aromatic ring is 1. The molecule has 1 aromatic rings. The Hall–Kier alpha value is -1.75. The molecule has 1 amide bonds. The van der Waals surface area contributed by atoms with Crippen LogP contribution in [0, 0.1) is 5.92 Å². The van der Waals surface area contributed by atoms with E-state index in [2.05, 4.69) is 0 Å². The number of methoxy groups -OCH3 is 2. The number of hydrogen-bond acceptors (Lipinski definition) is 4. The first kappa shape index (κ1) is 13.7. The lowest BCUT2D eigenvalue weighted by Gasteiger charge is -2.17. The normalized spacial score (nSPS) is 18.6. The molecule has 0 bridgehead atoms. The van der Waals surface area contributed by atoms with Crippen molar-refractivity contribution >= 4 is 11.6 Å². The Morgan fingerprint density at radius 2 is 2.26 bits per heavy atom. The molecule has 0 radical (unpaired) electrons. The maximum Gasteiger partial charge on any atom is 0.254 e. The van der Waals surface area contributed by atoms with Gasteiger partial charge in [0.25, 0.3) is 5.91 Å². The molecular formula is C14H20N2O3. The smallest absolute Gasteiger partial charge is 0.254 e. The van der Waals surface area contributed by atoms with Crippen molar-refractivity contribution < 1.29 is 14.3 Å². The first-order valence-electron chi connectivity index (χ1n) is 6.37. The van der Waals surface area contributed by atoms with E-state index < -0.39 is 0 Å². The van der Waals surface area contributed by atoms with Gasteiger partial charge in [-0.1, -0.05) is 0 Å². The summed E-state index contributed by atoms with van der Waals surface area (Å²) in [6, 6.07) is 5.14. The average Bonchev–Trinajstić information content (AvgIpc) is 2.87. The van der Waals surface area contributed by atoms with Crippen molar-refractivity contribution in [1.29, 1.82) is 0 Å². The monoisotopic (exact) mass is 264 g/mol. The summed E-state index contributed by atoms with van der Waals surface area (Å²) >= 11 is 0. The van der Waals surface area contributed by atoms with Crippen LogP contribution in [0.3, 0.4) is 0 Å². The van der Waals surface area contributed by atoms with E-state index in [1.807, 2.05) is 4.90 Å². The second-order valence-corrected chi connectivity index (χ2v) is 4.82. The van der Waals surface area contributed by atoms with Crippen molar-refractivity contribution in [3.8, 4) is 5.75 Å². The van der Waals surface area contributed by atoms with Gasteiger partial charge in [-0.05, 0) is 24.6 Å². The van der Waals surface area contributed by atoms with Crippen LogP contribution in [0.15, 0.2) is 18.2 Å². The topological polar surface area (TPSA) is 64.8 Å². The molecule has 2 N–H and O–H groups in total. The molecular weight excluding hydrogens is 244 g/mol. The van der Waals surface area contributed by atoms with E-state index in [-0.39, 0.29) is 5.91 Å². The van der Waals surface area contributed by atoms with Crippen LogP contribution in [0.2, 0.25) is 0 Å². The first-order chi connectivity index (χ1) is 9.15. The predicted octanol–water partition coefficient (Wildman–Crippen LogP) is 1.39. The molecule has 2 rings (SSSR count). The number of ether oxygens (including phenoxy) is 2. The summed E-state index contributed by atoms with van der Waals surface area (Å²) in [5, 5.41) is 0. The largest absolute Gasteiger partial charge is 0.495 e. The molecule has 1 aromatic carbocycles. The van der Waals surface area contributed by atoms with Gasteiger partial charge < -0.3 is 20.1 Å². The molecule has 0 saturated carbocycles. The molecule has 1 heterocycles. The third-order valence-electron chi connectivity index (χ3n) is 3.46. The van der Waals surface area contributed by atoms with Gasteiger partial charge in [0.05, 0.1) is 19.4 Å². The highest BCUT2D eigenvalue weighted by atomic mass is 16.5. The van der Waals surface area contributed by atoms with Crippen LogP contribution in [-0.4, -0.2) is 44.7 Å². The molecule has 1 unspecified atom stereocenters. The number of nitrogens with zero attached hydrogens (tertiary/aromatic N) is 1. The molecule has 1 aliphatic heterocycles. The van der Waals surface area contributed by atoms with E-state index in [0.29, 0.717) is 29.5 Å². The highest BCUT2D eigenvalue weighted by molar-refractivity contribution is 5.95. The molecule has 104 valence electrons. The minimum atomic E-state index is 0.0249. The number of carbonyl (C=O) groups excluding carboxylic acids is 1. The SMILES string of the molecule is COCC1CCN(C(=O)c2ccc(N)c(OC)c2)C1. The number of rotatable bonds is 4. The van der Waals surface area contributed by atoms with Gasteiger partial charge >= 0.3 is 0 Å². The Kier molecular flexibility index (Phi) is 4.27. The van der Waals surface area contributed by atoms with Crippen LogP contribution in [0.5, 0.6) is 5.75 Å². The van der Waals surface area contributed by atoms with E-state index in [1.165, 1.54) is 0 Å². The van der Waals surface area contributed by atoms with Gasteiger partial charge in [-0.25, -0.2) is 0 Å². The molecule has 19 heavy (non-hydrogen) atoms. The fraction of sp³-hybridized carbons (Fsp3) is 0.500. The quantitative estimate of drug-likeness (QED) is 0.835. The summed E-state index contributed by atoms with van der Waals surface area (Å²) in [7, 11) is 3.24. The number of likely N-dealkylation sites (tertiary alicyclic amines) is 1. The Morgan fingerprint density at radius 1 is 1.47 bits per heavy atom. The van der Waals surface area contributed by atoms with Gasteiger partial charge in [0.15, 0.2) is 0 Å². The average molecular weight is 264 g/mol. The summed E-state index contributed by atoms with van der Waals surface area (Å²) in [6.07, 6.45) is 0.992. The summed E-state index contributed by atoms with van der Waals surface area (Å²) in [6.45, 7) is 2.23. The molecule has 5 heteroatoms. The molecule has 5 nitrogen and oxygen atoms in total. The Balaban J connectivity index is 2.08. The summed E-state index contributed by atoms with van der Waals surface area (Å²) in [5.41, 5.74) is 6.90. The lowest BCUT2D eigenvalue weighted by Crippen LogP contribution is -2.29. The zero-order chi connectivity index (χ0) is 13.8. The van der Waals surface area contributed by atoms with Gasteiger partial charge in [-0.3, -0.25) is 4.79 Å². The van der Waals surface area contributed by atoms with Gasteiger partial charge in [0.1, 0.15) is 5.75 Å². The summed E-state index contributed by atoms with van der Waals surface area (Å²) in [4.78, 5) is 14.2. The van der Waals surface area contributed by atoms with Crippen LogP contribution in [0.1, 0.15) is 16.8 Å². The molecule has 1 atom stereocenters. The second kappa shape index (κ2) is 5.93.